The fourth-order valence-electron chi connectivity index (χ4n) is 18.3. The highest BCUT2D eigenvalue weighted by Crippen LogP contribution is 2.76. The summed E-state index contributed by atoms with van der Waals surface area (Å²) >= 11 is 0. The summed E-state index contributed by atoms with van der Waals surface area (Å²) in [7, 11) is 0. The van der Waals surface area contributed by atoms with Crippen molar-refractivity contribution in [2.75, 3.05) is 33.0 Å². The predicted molar refractivity (Wildman–Crippen MR) is 302 cm³/mol. The van der Waals surface area contributed by atoms with Crippen LogP contribution in [-0.4, -0.2) is 298 Å². The van der Waals surface area contributed by atoms with Gasteiger partial charge in [0.25, 0.3) is 0 Å². The van der Waals surface area contributed by atoms with Gasteiger partial charge < -0.3 is 139 Å². The summed E-state index contributed by atoms with van der Waals surface area (Å²) in [4.78, 5) is 25.7. The number of carbonyl (C=O) groups excluding carboxylic acids is 1. The molecule has 0 aromatic heterocycles. The number of hydrogen-bond acceptors (Lipinski definition) is 29. The molecule has 0 amide bonds. The lowest BCUT2D eigenvalue weighted by Gasteiger charge is -2.72. The van der Waals surface area contributed by atoms with E-state index in [0.29, 0.717) is 44.9 Å². The number of esters is 1. The zero-order valence-corrected chi connectivity index (χ0v) is 52.5. The maximum absolute atomic E-state index is 13.1. The summed E-state index contributed by atoms with van der Waals surface area (Å²) in [5.41, 5.74) is -2.76. The second-order valence-electron chi connectivity index (χ2n) is 29.4. The van der Waals surface area contributed by atoms with Crippen LogP contribution in [0.5, 0.6) is 0 Å². The fourth-order valence-corrected chi connectivity index (χ4v) is 18.3. The molecule has 0 radical (unpaired) electrons. The monoisotopic (exact) mass is 1310 g/mol. The Morgan fingerprint density at radius 3 is 1.60 bits per heavy atom. The first-order valence-electron chi connectivity index (χ1n) is 31.8. The molecular weight excluding hydrogens is 1210 g/mol. The minimum Gasteiger partial charge on any atom is -0.479 e. The molecule has 0 aromatic rings. The highest BCUT2D eigenvalue weighted by molar-refractivity contribution is 5.73. The number of aliphatic carboxylic acids is 1. The van der Waals surface area contributed by atoms with Crippen molar-refractivity contribution in [1.29, 1.82) is 0 Å². The first-order chi connectivity index (χ1) is 42.6. The summed E-state index contributed by atoms with van der Waals surface area (Å²) in [5, 5.41) is 184. The van der Waals surface area contributed by atoms with Crippen LogP contribution >= 0.6 is 0 Å². The lowest BCUT2D eigenvalue weighted by atomic mass is 9.33. The number of fused-ring (bicyclic) bond motifs is 7. The van der Waals surface area contributed by atoms with Crippen LogP contribution in [0, 0.1) is 50.2 Å². The van der Waals surface area contributed by atoms with Crippen molar-refractivity contribution in [3.05, 3.63) is 11.6 Å². The minimum atomic E-state index is -2.18. The summed E-state index contributed by atoms with van der Waals surface area (Å²) in [6, 6.07) is 0. The number of aliphatic hydroxyl groups excluding tert-OH is 16. The molecule has 10 rings (SSSR count). The largest absolute Gasteiger partial charge is 0.479 e. The van der Waals surface area contributed by atoms with Gasteiger partial charge in [0.1, 0.15) is 122 Å². The van der Waals surface area contributed by atoms with E-state index in [-0.39, 0.29) is 29.6 Å². The number of ether oxygens (including phenoxy) is 11. The van der Waals surface area contributed by atoms with Gasteiger partial charge in [-0.15, -0.1) is 0 Å². The van der Waals surface area contributed by atoms with Gasteiger partial charge in [0, 0.05) is 23.2 Å². The van der Waals surface area contributed by atoms with Crippen LogP contribution in [-0.2, 0) is 61.7 Å². The Balaban J connectivity index is 0.910. The molecule has 5 saturated heterocycles. The van der Waals surface area contributed by atoms with Crippen LogP contribution in [0.1, 0.15) is 107 Å². The molecule has 522 valence electrons. The maximum Gasteiger partial charge on any atom is 0.335 e. The molecule has 10 aliphatic rings. The zero-order valence-electron chi connectivity index (χ0n) is 52.5. The quantitative estimate of drug-likeness (QED) is 0.0393. The van der Waals surface area contributed by atoms with Crippen molar-refractivity contribution >= 4 is 11.9 Å². The van der Waals surface area contributed by atoms with Crippen molar-refractivity contribution in [1.82, 2.24) is 0 Å². The van der Waals surface area contributed by atoms with E-state index < -0.39 is 238 Å². The van der Waals surface area contributed by atoms with E-state index >= 15 is 0 Å². The lowest BCUT2D eigenvalue weighted by molar-refractivity contribution is -0.397. The van der Waals surface area contributed by atoms with E-state index in [1.54, 1.807) is 0 Å². The molecule has 0 unspecified atom stereocenters. The molecule has 17 N–H and O–H groups in total. The van der Waals surface area contributed by atoms with E-state index in [1.807, 2.05) is 20.8 Å². The van der Waals surface area contributed by atoms with E-state index in [4.69, 9.17) is 52.1 Å². The molecule has 5 heterocycles. The first kappa shape index (κ1) is 71.4. The average Bonchev–Trinajstić information content (AvgIpc) is 0.676. The van der Waals surface area contributed by atoms with Crippen LogP contribution in [0.25, 0.3) is 0 Å². The Bertz CT molecular complexity index is 2580. The van der Waals surface area contributed by atoms with Gasteiger partial charge in [-0.3, -0.25) is 4.79 Å². The van der Waals surface area contributed by atoms with Gasteiger partial charge in [-0.25, -0.2) is 4.79 Å². The Kier molecular flexibility index (Phi) is 20.8. The molecule has 4 saturated carbocycles. The average molecular weight is 1310 g/mol. The van der Waals surface area contributed by atoms with E-state index in [0.717, 1.165) is 0 Å². The standard InChI is InChI=1S/C61H98O30/c1-23(66)82-48-49(91-51-43(78)44(26(67)21-81-51)87-52-41(76)36(71)33(68)27(18-62)83-52)57(4)15-16-60(7)24(25(57)17-56(48,2)3)9-10-31-58(5)13-12-32(59(6,22-65)30(58)11-14-61(31,60)8)86-55-47(40(75)39(74)45(88-55)50(79)80)90-54-46(38(73)35(70)29(20-64)85-54)89-53-42(77)37(72)34(69)28(19-63)84-53/h9,25-49,51-55,62-65,67-78H,10-22H2,1-8H3,(H,79,80)/t25-,26-,27+,28+,29+,30+,31+,32-,33+,34+,35-,36-,37-,38-,39-,40-,41+,42+,43+,44-,45-,46+,47+,48-,49+,51-,52-,53-,54-,55+,57+,58-,59+,60+,61+/m0/s1. The van der Waals surface area contributed by atoms with Crippen molar-refractivity contribution in [2.24, 2.45) is 50.2 Å². The van der Waals surface area contributed by atoms with Gasteiger partial charge in [0.15, 0.2) is 37.6 Å². The highest BCUT2D eigenvalue weighted by atomic mass is 16.8. The number of carboxylic acid groups (broad SMARTS) is 1. The molecule has 5 aliphatic heterocycles. The molecule has 30 heteroatoms. The molecule has 0 bridgehead atoms. The van der Waals surface area contributed by atoms with Crippen LogP contribution in [0.2, 0.25) is 0 Å². The van der Waals surface area contributed by atoms with Crippen LogP contribution in [0.15, 0.2) is 11.6 Å². The third-order valence-corrected chi connectivity index (χ3v) is 23.8. The molecule has 35 atom stereocenters. The third-order valence-electron chi connectivity index (χ3n) is 23.8. The number of carboxylic acids is 1. The molecule has 91 heavy (non-hydrogen) atoms. The Morgan fingerprint density at radius 1 is 0.527 bits per heavy atom. The first-order valence-corrected chi connectivity index (χ1v) is 31.8. The van der Waals surface area contributed by atoms with Crippen LogP contribution in [0.4, 0.5) is 0 Å². The number of carbonyl (C=O) groups is 2. The topological polar surface area (TPSA) is 480 Å². The van der Waals surface area contributed by atoms with Crippen LogP contribution < -0.4 is 0 Å². The minimum absolute atomic E-state index is 0.000308. The van der Waals surface area contributed by atoms with Crippen LogP contribution in [0.3, 0.4) is 0 Å². The van der Waals surface area contributed by atoms with Gasteiger partial charge in [0.05, 0.1) is 39.1 Å². The molecule has 30 nitrogen and oxygen atoms in total. The highest BCUT2D eigenvalue weighted by Gasteiger charge is 2.72. The molecule has 0 spiro atoms. The molecule has 5 aliphatic carbocycles. The summed E-state index contributed by atoms with van der Waals surface area (Å²) in [5.74, 6) is -2.70. The number of rotatable bonds is 16. The van der Waals surface area contributed by atoms with Gasteiger partial charge in [0.2, 0.25) is 0 Å². The molecule has 9 fully saturated rings. The second-order valence-corrected chi connectivity index (χ2v) is 29.4. The van der Waals surface area contributed by atoms with Gasteiger partial charge in [-0.2, -0.15) is 0 Å². The number of hydrogen-bond donors (Lipinski definition) is 17. The molecule has 0 aromatic carbocycles. The van der Waals surface area contributed by atoms with E-state index in [2.05, 4.69) is 33.8 Å². The maximum atomic E-state index is 13.1. The van der Waals surface area contributed by atoms with Crippen molar-refractivity contribution in [2.45, 2.75) is 272 Å². The van der Waals surface area contributed by atoms with Crippen molar-refractivity contribution < 1.29 is 149 Å². The van der Waals surface area contributed by atoms with Gasteiger partial charge in [-0.1, -0.05) is 60.1 Å². The van der Waals surface area contributed by atoms with Crippen molar-refractivity contribution in [3.8, 4) is 0 Å². The third kappa shape index (κ3) is 12.0. The number of aliphatic hydroxyl groups is 16. The van der Waals surface area contributed by atoms with Gasteiger partial charge in [-0.05, 0) is 85.4 Å². The zero-order chi connectivity index (χ0) is 66.7. The summed E-state index contributed by atoms with van der Waals surface area (Å²) < 4.78 is 66.8. The Labute approximate surface area is 526 Å². The van der Waals surface area contributed by atoms with E-state index in [9.17, 15) is 96.4 Å². The SMILES string of the molecule is CC(=O)O[C@H]1[C@@H](O[C@@H]2OC[C@H](O)[C@H](O[C@@H]3O[C@H](CO)[C@@H](O)[C@H](O)[C@H]3O)[C@H]2O)[C@]2(C)CC[C@]3(C)C(=CC[C@@H]4[C@@]5(C)CC[C@H](O[C@@H]6O[C@H](C(=O)O)[C@@H](O)[C@H](O)[C@H]6O[C@@H]6O[C@H](CO)[C@H](O)[C@H](O)[C@H]6O[C@@H]6O[C@H](CO)[C@@H](O)[C@H](O)[C@H]6O)[C@](C)(CO)[C@@H]5CC[C@]43C)[C@@H]2CC1(C)C. The normalized spacial score (nSPS) is 54.0. The summed E-state index contributed by atoms with van der Waals surface area (Å²) in [6.07, 6.45) is -39.6. The Hall–Kier alpha value is -2.36. The predicted octanol–water partition coefficient (Wildman–Crippen LogP) is -4.49. The Morgan fingerprint density at radius 2 is 1.05 bits per heavy atom. The van der Waals surface area contributed by atoms with Crippen molar-refractivity contribution in [3.63, 3.8) is 0 Å². The van der Waals surface area contributed by atoms with E-state index in [1.165, 1.54) is 12.5 Å². The second kappa shape index (κ2) is 26.5. The lowest BCUT2D eigenvalue weighted by Crippen LogP contribution is -2.69. The fraction of sp³-hybridized carbons (Fsp3) is 0.934. The smallest absolute Gasteiger partial charge is 0.335 e. The summed E-state index contributed by atoms with van der Waals surface area (Å²) in [6.45, 7) is 12.8. The number of allylic oxidation sites excluding steroid dienone is 2. The van der Waals surface area contributed by atoms with Gasteiger partial charge >= 0.3 is 11.9 Å². The molecular formula is C61H98O30.